The third kappa shape index (κ3) is 3.52. The van der Waals surface area contributed by atoms with E-state index in [0.29, 0.717) is 23.7 Å². The molecule has 5 nitrogen and oxygen atoms in total. The number of amides is 1. The molecule has 0 aliphatic carbocycles. The number of aliphatic hydroxyl groups excluding tert-OH is 1. The van der Waals surface area contributed by atoms with Crippen LogP contribution in [0.15, 0.2) is 24.3 Å². The summed E-state index contributed by atoms with van der Waals surface area (Å²) < 4.78 is 10.6. The minimum Gasteiger partial charge on any atom is -0.490 e. The van der Waals surface area contributed by atoms with Gasteiger partial charge in [0.15, 0.2) is 6.10 Å². The highest BCUT2D eigenvalue weighted by molar-refractivity contribution is 6.30. The van der Waals surface area contributed by atoms with Gasteiger partial charge >= 0.3 is 6.09 Å². The van der Waals surface area contributed by atoms with E-state index in [4.69, 9.17) is 21.1 Å². The molecule has 1 aromatic carbocycles. The molecule has 0 spiro atoms. The van der Waals surface area contributed by atoms with Gasteiger partial charge in [0.05, 0.1) is 6.54 Å². The molecule has 1 amide bonds. The third-order valence-corrected chi connectivity index (χ3v) is 3.09. The maximum atomic E-state index is 11.5. The first kappa shape index (κ1) is 14.0. The highest BCUT2D eigenvalue weighted by Crippen LogP contribution is 2.19. The first-order valence-electron chi connectivity index (χ1n) is 6.14. The van der Waals surface area contributed by atoms with E-state index in [9.17, 15) is 9.90 Å². The van der Waals surface area contributed by atoms with Crippen molar-refractivity contribution in [3.8, 4) is 5.75 Å². The molecule has 0 radical (unpaired) electrons. The molecule has 0 bridgehead atoms. The zero-order valence-corrected chi connectivity index (χ0v) is 11.3. The normalized spacial score (nSPS) is 20.3. The molecule has 19 heavy (non-hydrogen) atoms. The van der Waals surface area contributed by atoms with Crippen molar-refractivity contribution in [1.82, 2.24) is 4.90 Å². The van der Waals surface area contributed by atoms with E-state index < -0.39 is 12.3 Å². The Balaban J connectivity index is 1.86. The molecule has 1 aromatic rings. The van der Waals surface area contributed by atoms with Crippen LogP contribution in [0.2, 0.25) is 5.02 Å². The summed E-state index contributed by atoms with van der Waals surface area (Å²) in [5, 5.41) is 10.2. The summed E-state index contributed by atoms with van der Waals surface area (Å²) in [5.41, 5.74) is 0. The standard InChI is InChI=1S/C13H16ClNO4/c1-2-12(16)15-7-11(19-13(15)17)8-18-10-5-3-4-9(14)6-10/h3-6,11-12,16H,2,7-8H2,1H3/t11-,12?/m1/s1. The van der Waals surface area contributed by atoms with E-state index in [0.717, 1.165) is 0 Å². The number of aliphatic hydroxyl groups is 1. The molecule has 6 heteroatoms. The smallest absolute Gasteiger partial charge is 0.412 e. The van der Waals surface area contributed by atoms with Crippen LogP contribution in [-0.4, -0.2) is 41.6 Å². The van der Waals surface area contributed by atoms with Gasteiger partial charge in [-0.3, -0.25) is 4.90 Å². The Labute approximate surface area is 116 Å². The van der Waals surface area contributed by atoms with E-state index in [1.165, 1.54) is 4.90 Å². The Morgan fingerprint density at radius 2 is 2.42 bits per heavy atom. The number of nitrogens with zero attached hydrogens (tertiary/aromatic N) is 1. The SMILES string of the molecule is CCC(O)N1C[C@H](COc2cccc(Cl)c2)OC1=O. The number of carbonyl (C=O) groups excluding carboxylic acids is 1. The maximum absolute atomic E-state index is 11.5. The largest absolute Gasteiger partial charge is 0.490 e. The number of hydrogen-bond acceptors (Lipinski definition) is 4. The molecule has 1 fully saturated rings. The lowest BCUT2D eigenvalue weighted by molar-refractivity contribution is 0.0350. The van der Waals surface area contributed by atoms with Crippen molar-refractivity contribution in [2.24, 2.45) is 0 Å². The number of rotatable bonds is 5. The van der Waals surface area contributed by atoms with Crippen molar-refractivity contribution in [2.75, 3.05) is 13.2 Å². The van der Waals surface area contributed by atoms with Gasteiger partial charge in [0, 0.05) is 5.02 Å². The molecule has 104 valence electrons. The van der Waals surface area contributed by atoms with Gasteiger partial charge in [-0.05, 0) is 24.6 Å². The molecule has 1 N–H and O–H groups in total. The molecule has 1 aliphatic heterocycles. The molecule has 0 aromatic heterocycles. The van der Waals surface area contributed by atoms with E-state index >= 15 is 0 Å². The summed E-state index contributed by atoms with van der Waals surface area (Å²) in [6, 6.07) is 7.01. The Kier molecular flexibility index (Phi) is 4.50. The average Bonchev–Trinajstić information content (AvgIpc) is 2.77. The Bertz CT molecular complexity index is 454. The Hall–Kier alpha value is -1.46. The summed E-state index contributed by atoms with van der Waals surface area (Å²) in [5.74, 6) is 0.623. The number of halogens is 1. The lowest BCUT2D eigenvalue weighted by Gasteiger charge is -2.18. The molecular weight excluding hydrogens is 270 g/mol. The van der Waals surface area contributed by atoms with Crippen LogP contribution in [0.5, 0.6) is 5.75 Å². The van der Waals surface area contributed by atoms with Crippen LogP contribution in [0.1, 0.15) is 13.3 Å². The Morgan fingerprint density at radius 3 is 3.11 bits per heavy atom. The average molecular weight is 286 g/mol. The van der Waals surface area contributed by atoms with Gasteiger partial charge in [-0.1, -0.05) is 24.6 Å². The summed E-state index contributed by atoms with van der Waals surface area (Å²) >= 11 is 5.84. The van der Waals surface area contributed by atoms with Crippen molar-refractivity contribution < 1.29 is 19.4 Å². The fourth-order valence-corrected chi connectivity index (χ4v) is 2.02. The summed E-state index contributed by atoms with van der Waals surface area (Å²) in [6.07, 6.45) is -1.22. The summed E-state index contributed by atoms with van der Waals surface area (Å²) in [4.78, 5) is 12.8. The highest BCUT2D eigenvalue weighted by atomic mass is 35.5. The minimum absolute atomic E-state index is 0.235. The van der Waals surface area contributed by atoms with Crippen LogP contribution >= 0.6 is 11.6 Å². The van der Waals surface area contributed by atoms with Crippen molar-refractivity contribution in [1.29, 1.82) is 0 Å². The van der Waals surface area contributed by atoms with Crippen LogP contribution in [0.3, 0.4) is 0 Å². The highest BCUT2D eigenvalue weighted by Gasteiger charge is 2.35. The quantitative estimate of drug-likeness (QED) is 0.901. The lowest BCUT2D eigenvalue weighted by Crippen LogP contribution is -2.36. The van der Waals surface area contributed by atoms with Crippen molar-refractivity contribution in [2.45, 2.75) is 25.7 Å². The van der Waals surface area contributed by atoms with Crippen molar-refractivity contribution in [3.05, 3.63) is 29.3 Å². The first-order chi connectivity index (χ1) is 9.10. The van der Waals surface area contributed by atoms with E-state index in [1.807, 2.05) is 0 Å². The monoisotopic (exact) mass is 285 g/mol. The van der Waals surface area contributed by atoms with E-state index in [-0.39, 0.29) is 12.7 Å². The van der Waals surface area contributed by atoms with Crippen molar-refractivity contribution >= 4 is 17.7 Å². The summed E-state index contributed by atoms with van der Waals surface area (Å²) in [7, 11) is 0. The van der Waals surface area contributed by atoms with Gasteiger partial charge in [-0.25, -0.2) is 4.79 Å². The van der Waals surface area contributed by atoms with E-state index in [2.05, 4.69) is 0 Å². The zero-order valence-electron chi connectivity index (χ0n) is 10.6. The van der Waals surface area contributed by atoms with Gasteiger partial charge < -0.3 is 14.6 Å². The van der Waals surface area contributed by atoms with Crippen molar-refractivity contribution in [3.63, 3.8) is 0 Å². The second-order valence-electron chi connectivity index (χ2n) is 4.32. The summed E-state index contributed by atoms with van der Waals surface area (Å²) in [6.45, 7) is 2.36. The van der Waals surface area contributed by atoms with Crippen LogP contribution in [0, 0.1) is 0 Å². The molecule has 1 unspecified atom stereocenters. The molecule has 1 saturated heterocycles. The predicted molar refractivity (Wildman–Crippen MR) is 70.2 cm³/mol. The molecule has 1 aliphatic rings. The van der Waals surface area contributed by atoms with Crippen LogP contribution in [0.25, 0.3) is 0 Å². The van der Waals surface area contributed by atoms with Gasteiger partial charge in [0.25, 0.3) is 0 Å². The number of ether oxygens (including phenoxy) is 2. The molecule has 0 saturated carbocycles. The van der Waals surface area contributed by atoms with E-state index in [1.54, 1.807) is 31.2 Å². The molecule has 1 heterocycles. The van der Waals surface area contributed by atoms with Crippen LogP contribution in [-0.2, 0) is 4.74 Å². The predicted octanol–water partition coefficient (Wildman–Crippen LogP) is 2.27. The second-order valence-corrected chi connectivity index (χ2v) is 4.75. The fraction of sp³-hybridized carbons (Fsp3) is 0.462. The Morgan fingerprint density at radius 1 is 1.63 bits per heavy atom. The van der Waals surface area contributed by atoms with Gasteiger partial charge in [0.1, 0.15) is 18.6 Å². The third-order valence-electron chi connectivity index (χ3n) is 2.86. The first-order valence-corrected chi connectivity index (χ1v) is 6.51. The van der Waals surface area contributed by atoms with Gasteiger partial charge in [-0.2, -0.15) is 0 Å². The maximum Gasteiger partial charge on any atom is 0.412 e. The molecule has 2 atom stereocenters. The molecular formula is C13H16ClNO4. The number of benzene rings is 1. The minimum atomic E-state index is -0.802. The number of carbonyl (C=O) groups is 1. The van der Waals surface area contributed by atoms with Crippen LogP contribution < -0.4 is 4.74 Å². The van der Waals surface area contributed by atoms with Gasteiger partial charge in [-0.15, -0.1) is 0 Å². The van der Waals surface area contributed by atoms with Crippen LogP contribution in [0.4, 0.5) is 4.79 Å². The second kappa shape index (κ2) is 6.12. The number of cyclic esters (lactones) is 1. The topological polar surface area (TPSA) is 59.0 Å². The number of hydrogen-bond donors (Lipinski definition) is 1. The lowest BCUT2D eigenvalue weighted by atomic mass is 10.3. The molecule has 2 rings (SSSR count). The zero-order chi connectivity index (χ0) is 13.8. The fourth-order valence-electron chi connectivity index (χ4n) is 1.84. The van der Waals surface area contributed by atoms with Gasteiger partial charge in [0.2, 0.25) is 0 Å².